The summed E-state index contributed by atoms with van der Waals surface area (Å²) in [5.41, 5.74) is 3.04. The fraction of sp³-hybridized carbons (Fsp3) is 0.118. The second kappa shape index (κ2) is 5.93. The molecule has 0 aliphatic heterocycles. The van der Waals surface area contributed by atoms with Crippen LogP contribution in [0.4, 0.5) is 10.1 Å². The van der Waals surface area contributed by atoms with Crippen LogP contribution >= 0.6 is 15.9 Å². The quantitative estimate of drug-likeness (QED) is 0.706. The van der Waals surface area contributed by atoms with Gasteiger partial charge in [-0.15, -0.1) is 0 Å². The van der Waals surface area contributed by atoms with Crippen molar-refractivity contribution in [3.8, 4) is 0 Å². The molecule has 0 saturated carbocycles. The molecule has 1 aromatic heterocycles. The van der Waals surface area contributed by atoms with Crippen molar-refractivity contribution in [1.82, 2.24) is 4.98 Å². The Kier molecular flexibility index (Phi) is 3.98. The summed E-state index contributed by atoms with van der Waals surface area (Å²) in [4.78, 5) is 15.5. The molecule has 0 aliphatic rings. The summed E-state index contributed by atoms with van der Waals surface area (Å²) >= 11 is 3.44. The van der Waals surface area contributed by atoms with Crippen molar-refractivity contribution < 1.29 is 9.18 Å². The van der Waals surface area contributed by atoms with Crippen LogP contribution in [0.1, 0.15) is 11.3 Å². The number of benzene rings is 2. The first kappa shape index (κ1) is 14.8. The van der Waals surface area contributed by atoms with Gasteiger partial charge in [-0.2, -0.15) is 0 Å². The van der Waals surface area contributed by atoms with Gasteiger partial charge in [-0.3, -0.25) is 4.79 Å². The number of H-pyrrole nitrogens is 1. The van der Waals surface area contributed by atoms with Crippen molar-refractivity contribution in [2.24, 2.45) is 0 Å². The minimum Gasteiger partial charge on any atom is -0.358 e. The van der Waals surface area contributed by atoms with Crippen LogP contribution in [0, 0.1) is 12.7 Å². The maximum atomic E-state index is 13.6. The Morgan fingerprint density at radius 1 is 1.27 bits per heavy atom. The van der Waals surface area contributed by atoms with E-state index in [1.165, 1.54) is 6.07 Å². The van der Waals surface area contributed by atoms with Crippen molar-refractivity contribution in [3.63, 3.8) is 0 Å². The van der Waals surface area contributed by atoms with Crippen molar-refractivity contribution in [2.45, 2.75) is 13.3 Å². The molecule has 2 N–H and O–H groups in total. The first-order chi connectivity index (χ1) is 10.5. The third-order valence-electron chi connectivity index (χ3n) is 3.57. The Labute approximate surface area is 135 Å². The zero-order valence-corrected chi connectivity index (χ0v) is 13.5. The molecule has 112 valence electrons. The van der Waals surface area contributed by atoms with Crippen LogP contribution in [0.5, 0.6) is 0 Å². The van der Waals surface area contributed by atoms with Gasteiger partial charge in [-0.1, -0.05) is 28.1 Å². The van der Waals surface area contributed by atoms with Gasteiger partial charge >= 0.3 is 0 Å². The molecule has 1 amide bonds. The lowest BCUT2D eigenvalue weighted by molar-refractivity contribution is -0.115. The van der Waals surface area contributed by atoms with Crippen molar-refractivity contribution in [3.05, 3.63) is 64.0 Å². The van der Waals surface area contributed by atoms with E-state index in [1.807, 2.05) is 25.1 Å². The maximum absolute atomic E-state index is 13.6. The summed E-state index contributed by atoms with van der Waals surface area (Å²) in [5, 5.41) is 3.61. The van der Waals surface area contributed by atoms with Crippen LogP contribution in [0.2, 0.25) is 0 Å². The molecule has 0 bridgehead atoms. The van der Waals surface area contributed by atoms with Gasteiger partial charge < -0.3 is 10.3 Å². The zero-order valence-electron chi connectivity index (χ0n) is 11.9. The number of rotatable bonds is 3. The SMILES string of the molecule is Cc1[nH]c2ccc(Br)cc2c1CC(=O)Nc1ccccc1F. The van der Waals surface area contributed by atoms with Gasteiger partial charge in [0.15, 0.2) is 0 Å². The number of carbonyl (C=O) groups is 1. The van der Waals surface area contributed by atoms with Crippen LogP contribution in [-0.4, -0.2) is 10.9 Å². The van der Waals surface area contributed by atoms with E-state index in [9.17, 15) is 9.18 Å². The molecular weight excluding hydrogens is 347 g/mol. The number of aromatic amines is 1. The topological polar surface area (TPSA) is 44.9 Å². The number of aromatic nitrogens is 1. The van der Waals surface area contributed by atoms with Crippen molar-refractivity contribution in [1.29, 1.82) is 0 Å². The molecule has 2 aromatic carbocycles. The molecule has 0 aliphatic carbocycles. The maximum Gasteiger partial charge on any atom is 0.228 e. The Morgan fingerprint density at radius 2 is 2.05 bits per heavy atom. The largest absolute Gasteiger partial charge is 0.358 e. The molecular formula is C17H14BrFN2O. The van der Waals surface area contributed by atoms with Gasteiger partial charge in [-0.25, -0.2) is 4.39 Å². The monoisotopic (exact) mass is 360 g/mol. The highest BCUT2D eigenvalue weighted by Crippen LogP contribution is 2.26. The fourth-order valence-electron chi connectivity index (χ4n) is 2.50. The molecule has 0 unspecified atom stereocenters. The highest BCUT2D eigenvalue weighted by molar-refractivity contribution is 9.10. The normalized spacial score (nSPS) is 10.9. The lowest BCUT2D eigenvalue weighted by Gasteiger charge is -2.06. The number of hydrogen-bond acceptors (Lipinski definition) is 1. The van der Waals surface area contributed by atoms with Crippen LogP contribution in [0.3, 0.4) is 0 Å². The smallest absolute Gasteiger partial charge is 0.228 e. The zero-order chi connectivity index (χ0) is 15.7. The number of carbonyl (C=O) groups excluding carboxylic acids is 1. The van der Waals surface area contributed by atoms with E-state index >= 15 is 0 Å². The molecule has 0 radical (unpaired) electrons. The molecule has 3 rings (SSSR count). The predicted octanol–water partition coefficient (Wildman–Crippen LogP) is 4.56. The van der Waals surface area contributed by atoms with Crippen LogP contribution in [0.25, 0.3) is 10.9 Å². The molecule has 5 heteroatoms. The molecule has 3 nitrogen and oxygen atoms in total. The number of amides is 1. The van der Waals surface area contributed by atoms with Gasteiger partial charge in [0.1, 0.15) is 5.82 Å². The van der Waals surface area contributed by atoms with Crippen molar-refractivity contribution in [2.75, 3.05) is 5.32 Å². The third-order valence-corrected chi connectivity index (χ3v) is 4.06. The summed E-state index contributed by atoms with van der Waals surface area (Å²) in [7, 11) is 0. The van der Waals surface area contributed by atoms with Crippen LogP contribution in [0.15, 0.2) is 46.9 Å². The van der Waals surface area contributed by atoms with Gasteiger partial charge in [0.05, 0.1) is 12.1 Å². The highest BCUT2D eigenvalue weighted by atomic mass is 79.9. The summed E-state index contributed by atoms with van der Waals surface area (Å²) in [5.74, 6) is -0.677. The second-order valence-corrected chi connectivity index (χ2v) is 6.04. The molecule has 3 aromatic rings. The Bertz CT molecular complexity index is 857. The minimum absolute atomic E-state index is 0.191. The minimum atomic E-state index is -0.436. The van der Waals surface area contributed by atoms with E-state index in [4.69, 9.17) is 0 Å². The number of para-hydroxylation sites is 1. The lowest BCUT2D eigenvalue weighted by atomic mass is 10.1. The van der Waals surface area contributed by atoms with Gasteiger partial charge in [0.2, 0.25) is 5.91 Å². The molecule has 1 heterocycles. The van der Waals surface area contributed by atoms with E-state index in [0.29, 0.717) is 0 Å². The highest BCUT2D eigenvalue weighted by Gasteiger charge is 2.14. The average molecular weight is 361 g/mol. The first-order valence-corrected chi connectivity index (χ1v) is 7.65. The van der Waals surface area contributed by atoms with Crippen molar-refractivity contribution >= 4 is 38.4 Å². The molecule has 0 saturated heterocycles. The van der Waals surface area contributed by atoms with E-state index < -0.39 is 5.82 Å². The molecule has 0 atom stereocenters. The Balaban J connectivity index is 1.87. The second-order valence-electron chi connectivity index (χ2n) is 5.12. The molecule has 0 spiro atoms. The summed E-state index contributed by atoms with van der Waals surface area (Å²) in [6.45, 7) is 1.93. The van der Waals surface area contributed by atoms with Gasteiger partial charge in [-0.05, 0) is 42.8 Å². The van der Waals surface area contributed by atoms with E-state index in [0.717, 1.165) is 26.6 Å². The number of hydrogen-bond donors (Lipinski definition) is 2. The van der Waals surface area contributed by atoms with Gasteiger partial charge in [0, 0.05) is 21.1 Å². The van der Waals surface area contributed by atoms with E-state index in [2.05, 4.69) is 26.2 Å². The van der Waals surface area contributed by atoms with Crippen LogP contribution < -0.4 is 5.32 Å². The number of halogens is 2. The van der Waals surface area contributed by atoms with Crippen LogP contribution in [-0.2, 0) is 11.2 Å². The Morgan fingerprint density at radius 3 is 2.82 bits per heavy atom. The molecule has 22 heavy (non-hydrogen) atoms. The lowest BCUT2D eigenvalue weighted by Crippen LogP contribution is -2.15. The van der Waals surface area contributed by atoms with E-state index in [-0.39, 0.29) is 18.0 Å². The standard InChI is InChI=1S/C17H14BrFN2O/c1-10-12(13-8-11(18)6-7-15(13)20-10)9-17(22)21-16-5-3-2-4-14(16)19/h2-8,20H,9H2,1H3,(H,21,22). The number of nitrogens with one attached hydrogen (secondary N) is 2. The first-order valence-electron chi connectivity index (χ1n) is 6.85. The van der Waals surface area contributed by atoms with E-state index in [1.54, 1.807) is 18.2 Å². The average Bonchev–Trinajstić information content (AvgIpc) is 2.77. The molecule has 0 fully saturated rings. The summed E-state index contributed by atoms with van der Waals surface area (Å²) in [6, 6.07) is 12.0. The number of anilines is 1. The fourth-order valence-corrected chi connectivity index (χ4v) is 2.86. The number of fused-ring (bicyclic) bond motifs is 1. The summed E-state index contributed by atoms with van der Waals surface area (Å²) in [6.07, 6.45) is 0.191. The van der Waals surface area contributed by atoms with Gasteiger partial charge in [0.25, 0.3) is 0 Å². The number of aryl methyl sites for hydroxylation is 1. The third kappa shape index (κ3) is 2.90. The summed E-state index contributed by atoms with van der Waals surface area (Å²) < 4.78 is 14.5. The predicted molar refractivity (Wildman–Crippen MR) is 89.5 cm³/mol. The Hall–Kier alpha value is -2.14.